The van der Waals surface area contributed by atoms with Crippen molar-refractivity contribution in [1.29, 1.82) is 0 Å². The zero-order chi connectivity index (χ0) is 23.4. The van der Waals surface area contributed by atoms with Crippen molar-refractivity contribution in [2.24, 2.45) is 0 Å². The van der Waals surface area contributed by atoms with Gasteiger partial charge in [-0.1, -0.05) is 25.1 Å². The normalized spacial score (nSPS) is 18.8. The van der Waals surface area contributed by atoms with Crippen LogP contribution in [0.5, 0.6) is 5.75 Å². The fraction of sp³-hybridized carbons (Fsp3) is 0.565. The second-order valence-corrected chi connectivity index (χ2v) is 8.38. The number of halogens is 3. The first kappa shape index (κ1) is 23.6. The molecule has 1 aromatic heterocycles. The van der Waals surface area contributed by atoms with Gasteiger partial charge in [-0.15, -0.1) is 13.2 Å². The van der Waals surface area contributed by atoms with Crippen LogP contribution in [0.4, 0.5) is 13.2 Å². The number of para-hydroxylation sites is 1. The van der Waals surface area contributed by atoms with Crippen LogP contribution in [0.15, 0.2) is 24.3 Å². The molecule has 2 aromatic rings. The number of nitrogens with one attached hydrogen (secondary N) is 1. The number of aromatic nitrogens is 2. The van der Waals surface area contributed by atoms with Gasteiger partial charge in [0, 0.05) is 49.0 Å². The molecule has 10 heteroatoms. The van der Waals surface area contributed by atoms with E-state index in [9.17, 15) is 18.0 Å². The Labute approximate surface area is 190 Å². The number of rotatable bonds is 7. The largest absolute Gasteiger partial charge is 0.573 e. The molecule has 0 radical (unpaired) electrons. The lowest BCUT2D eigenvalue weighted by Gasteiger charge is -2.28. The quantitative estimate of drug-likeness (QED) is 0.678. The lowest BCUT2D eigenvalue weighted by molar-refractivity contribution is -0.274. The van der Waals surface area contributed by atoms with Gasteiger partial charge in [-0.2, -0.15) is 5.10 Å². The van der Waals surface area contributed by atoms with Crippen molar-refractivity contribution >= 4 is 5.91 Å². The maximum Gasteiger partial charge on any atom is 0.573 e. The van der Waals surface area contributed by atoms with E-state index in [1.807, 2.05) is 4.68 Å². The molecule has 1 aliphatic heterocycles. The summed E-state index contributed by atoms with van der Waals surface area (Å²) in [6.45, 7) is 5.20. The predicted molar refractivity (Wildman–Crippen MR) is 115 cm³/mol. The Morgan fingerprint density at radius 2 is 2.03 bits per heavy atom. The number of amides is 1. The van der Waals surface area contributed by atoms with E-state index in [-0.39, 0.29) is 24.2 Å². The third-order valence-corrected chi connectivity index (χ3v) is 6.06. The molecular formula is C23H29F3N4O3. The van der Waals surface area contributed by atoms with Gasteiger partial charge in [-0.25, -0.2) is 0 Å². The third kappa shape index (κ3) is 5.67. The number of alkyl halides is 3. The summed E-state index contributed by atoms with van der Waals surface area (Å²) in [7, 11) is 0. The molecule has 1 amide bonds. The van der Waals surface area contributed by atoms with Crippen LogP contribution in [0.3, 0.4) is 0 Å². The average molecular weight is 467 g/mol. The van der Waals surface area contributed by atoms with E-state index in [0.717, 1.165) is 37.1 Å². The number of fused-ring (bicyclic) bond motifs is 1. The van der Waals surface area contributed by atoms with Crippen LogP contribution < -0.4 is 10.1 Å². The molecule has 1 atom stereocenters. The lowest BCUT2D eigenvalue weighted by Crippen LogP contribution is -2.41. The summed E-state index contributed by atoms with van der Waals surface area (Å²) in [4.78, 5) is 15.0. The first-order valence-electron chi connectivity index (χ1n) is 11.4. The fourth-order valence-corrected chi connectivity index (χ4v) is 4.48. The average Bonchev–Trinajstić information content (AvgIpc) is 3.15. The highest BCUT2D eigenvalue weighted by Crippen LogP contribution is 2.29. The number of hydrogen-bond acceptors (Lipinski definition) is 5. The summed E-state index contributed by atoms with van der Waals surface area (Å²) in [5, 5.41) is 8.04. The molecule has 180 valence electrons. The molecule has 0 unspecified atom stereocenters. The van der Waals surface area contributed by atoms with Crippen LogP contribution >= 0.6 is 0 Å². The number of nitrogens with zero attached hydrogens (tertiary/aromatic N) is 3. The number of hydrogen-bond donors (Lipinski definition) is 1. The first-order chi connectivity index (χ1) is 15.9. The van der Waals surface area contributed by atoms with E-state index in [4.69, 9.17) is 4.74 Å². The van der Waals surface area contributed by atoms with Gasteiger partial charge < -0.3 is 19.7 Å². The van der Waals surface area contributed by atoms with E-state index in [2.05, 4.69) is 22.1 Å². The number of aryl methyl sites for hydroxylation is 1. The van der Waals surface area contributed by atoms with Gasteiger partial charge >= 0.3 is 6.36 Å². The van der Waals surface area contributed by atoms with Crippen molar-refractivity contribution in [3.63, 3.8) is 0 Å². The molecule has 1 aliphatic carbocycles. The van der Waals surface area contributed by atoms with Crippen molar-refractivity contribution < 1.29 is 27.4 Å². The zero-order valence-electron chi connectivity index (χ0n) is 18.7. The van der Waals surface area contributed by atoms with Gasteiger partial charge in [-0.3, -0.25) is 9.48 Å². The molecule has 2 aliphatic rings. The van der Waals surface area contributed by atoms with Crippen molar-refractivity contribution in [3.05, 3.63) is 46.8 Å². The van der Waals surface area contributed by atoms with Crippen LogP contribution in [-0.4, -0.2) is 59.3 Å². The standard InChI is InChI=1S/C23H29F3N4O3/c1-2-9-30-19-8-7-17(27-15-16-5-3-4-6-20(16)33-23(24,25)26)14-18(19)21(28-30)22(31)29-10-12-32-13-11-29/h3-6,17,27H,2,7-15H2,1H3/t17-/m1/s1. The van der Waals surface area contributed by atoms with E-state index in [0.29, 0.717) is 44.0 Å². The van der Waals surface area contributed by atoms with Crippen LogP contribution in [0.1, 0.15) is 47.1 Å². The summed E-state index contributed by atoms with van der Waals surface area (Å²) in [6, 6.07) is 6.16. The van der Waals surface area contributed by atoms with Gasteiger partial charge in [0.15, 0.2) is 5.69 Å². The minimum absolute atomic E-state index is 0.0203. The molecule has 0 spiro atoms. The minimum atomic E-state index is -4.74. The topological polar surface area (TPSA) is 68.6 Å². The molecule has 7 nitrogen and oxygen atoms in total. The number of carbonyl (C=O) groups is 1. The lowest BCUT2D eigenvalue weighted by atomic mass is 9.90. The number of ether oxygens (including phenoxy) is 2. The second kappa shape index (κ2) is 10.1. The van der Waals surface area contributed by atoms with Crippen molar-refractivity contribution in [2.45, 2.75) is 58.1 Å². The molecule has 0 saturated carbocycles. The van der Waals surface area contributed by atoms with Crippen LogP contribution in [0, 0.1) is 0 Å². The molecule has 0 bridgehead atoms. The van der Waals surface area contributed by atoms with Gasteiger partial charge in [0.1, 0.15) is 5.75 Å². The van der Waals surface area contributed by atoms with E-state index < -0.39 is 6.36 Å². The fourth-order valence-electron chi connectivity index (χ4n) is 4.48. The Bertz CT molecular complexity index is 970. The van der Waals surface area contributed by atoms with Gasteiger partial charge in [-0.05, 0) is 31.7 Å². The summed E-state index contributed by atoms with van der Waals surface area (Å²) < 4.78 is 49.7. The summed E-state index contributed by atoms with van der Waals surface area (Å²) in [5.74, 6) is -0.276. The van der Waals surface area contributed by atoms with E-state index in [1.165, 1.54) is 12.1 Å². The molecule has 1 aromatic carbocycles. The van der Waals surface area contributed by atoms with Gasteiger partial charge in [0.05, 0.1) is 13.2 Å². The maximum atomic E-state index is 13.2. The highest BCUT2D eigenvalue weighted by Gasteiger charge is 2.33. The van der Waals surface area contributed by atoms with E-state index in [1.54, 1.807) is 17.0 Å². The summed E-state index contributed by atoms with van der Waals surface area (Å²) in [6.07, 6.45) is -1.64. The molecule has 1 fully saturated rings. The zero-order valence-corrected chi connectivity index (χ0v) is 18.7. The highest BCUT2D eigenvalue weighted by atomic mass is 19.4. The smallest absolute Gasteiger partial charge is 0.405 e. The summed E-state index contributed by atoms with van der Waals surface area (Å²) >= 11 is 0. The first-order valence-corrected chi connectivity index (χ1v) is 11.4. The number of benzene rings is 1. The Morgan fingerprint density at radius 1 is 1.27 bits per heavy atom. The molecule has 1 saturated heterocycles. The second-order valence-electron chi connectivity index (χ2n) is 8.38. The highest BCUT2D eigenvalue weighted by molar-refractivity contribution is 5.94. The maximum absolute atomic E-state index is 13.2. The molecular weight excluding hydrogens is 437 g/mol. The Morgan fingerprint density at radius 3 is 2.76 bits per heavy atom. The Balaban J connectivity index is 1.49. The van der Waals surface area contributed by atoms with Gasteiger partial charge in [0.25, 0.3) is 5.91 Å². The SMILES string of the molecule is CCCn1nc(C(=O)N2CCOCC2)c2c1CC[C@@H](NCc1ccccc1OC(F)(F)F)C2. The third-order valence-electron chi connectivity index (χ3n) is 6.06. The molecule has 2 heterocycles. The van der Waals surface area contributed by atoms with Gasteiger partial charge in [0.2, 0.25) is 0 Å². The van der Waals surface area contributed by atoms with Crippen LogP contribution in [0.25, 0.3) is 0 Å². The Kier molecular flexibility index (Phi) is 7.23. The number of morpholine rings is 1. The van der Waals surface area contributed by atoms with Crippen LogP contribution in [-0.2, 0) is 30.7 Å². The van der Waals surface area contributed by atoms with Crippen molar-refractivity contribution in [1.82, 2.24) is 20.0 Å². The van der Waals surface area contributed by atoms with E-state index >= 15 is 0 Å². The molecule has 4 rings (SSSR count). The van der Waals surface area contributed by atoms with Crippen molar-refractivity contribution in [2.75, 3.05) is 26.3 Å². The molecule has 1 N–H and O–H groups in total. The number of carbonyl (C=O) groups excluding carboxylic acids is 1. The molecule has 33 heavy (non-hydrogen) atoms. The van der Waals surface area contributed by atoms with Crippen LogP contribution in [0.2, 0.25) is 0 Å². The predicted octanol–water partition coefficient (Wildman–Crippen LogP) is 3.31. The Hall–Kier alpha value is -2.59. The minimum Gasteiger partial charge on any atom is -0.405 e. The summed E-state index contributed by atoms with van der Waals surface area (Å²) in [5.41, 5.74) is 2.97. The van der Waals surface area contributed by atoms with Crippen molar-refractivity contribution in [3.8, 4) is 5.75 Å². The monoisotopic (exact) mass is 466 g/mol.